The molecule has 6 rings (SSSR count). The maximum Gasteiger partial charge on any atom is 0.416 e. The zero-order chi connectivity index (χ0) is 29.6. The van der Waals surface area contributed by atoms with Gasteiger partial charge in [0, 0.05) is 69.5 Å². The van der Waals surface area contributed by atoms with E-state index in [4.69, 9.17) is 0 Å². The third-order valence-electron chi connectivity index (χ3n) is 8.39. The van der Waals surface area contributed by atoms with Crippen LogP contribution in [-0.4, -0.2) is 88.8 Å². The molecule has 42 heavy (non-hydrogen) atoms. The smallest absolute Gasteiger partial charge is 0.338 e. The Kier molecular flexibility index (Phi) is 7.52. The van der Waals surface area contributed by atoms with Gasteiger partial charge in [-0.05, 0) is 53.8 Å². The molecule has 1 aromatic heterocycles. The second-order valence-corrected chi connectivity index (χ2v) is 11.8. The van der Waals surface area contributed by atoms with Gasteiger partial charge in [-0.3, -0.25) is 24.2 Å². The summed E-state index contributed by atoms with van der Waals surface area (Å²) < 4.78 is 39.7. The van der Waals surface area contributed by atoms with E-state index in [1.165, 1.54) is 29.2 Å². The van der Waals surface area contributed by atoms with Gasteiger partial charge in [0.25, 0.3) is 5.91 Å². The van der Waals surface area contributed by atoms with E-state index in [2.05, 4.69) is 9.88 Å². The molecule has 0 radical (unpaired) electrons. The van der Waals surface area contributed by atoms with Crippen molar-refractivity contribution in [3.05, 3.63) is 70.2 Å². The summed E-state index contributed by atoms with van der Waals surface area (Å²) in [6, 6.07) is 10.0. The average Bonchev–Trinajstić information content (AvgIpc) is 3.50. The molecule has 0 N–H and O–H groups in total. The zero-order valence-electron chi connectivity index (χ0n) is 23.0. The molecule has 4 heterocycles. The SMILES string of the molecule is CC(=O)N1c2ccc(-c3cccc(C(F)(F)F)c3)cc2CCC1C(=O)N1CC(N2CCN(C(=O)c3nccs3)CC2)C1. The van der Waals surface area contributed by atoms with Crippen molar-refractivity contribution in [2.75, 3.05) is 44.2 Å². The summed E-state index contributed by atoms with van der Waals surface area (Å²) in [6.07, 6.45) is -1.83. The largest absolute Gasteiger partial charge is 0.416 e. The molecule has 8 nitrogen and oxygen atoms in total. The summed E-state index contributed by atoms with van der Waals surface area (Å²) in [6.45, 7) is 5.27. The molecule has 2 aromatic carbocycles. The van der Waals surface area contributed by atoms with Gasteiger partial charge in [0.15, 0.2) is 5.01 Å². The Hall–Kier alpha value is -3.77. The van der Waals surface area contributed by atoms with Gasteiger partial charge >= 0.3 is 6.18 Å². The number of rotatable bonds is 4. The van der Waals surface area contributed by atoms with Gasteiger partial charge in [0.05, 0.1) is 5.56 Å². The van der Waals surface area contributed by atoms with Crippen LogP contribution in [0.3, 0.4) is 0 Å². The fraction of sp³-hybridized carbons (Fsp3) is 0.400. The minimum Gasteiger partial charge on any atom is -0.338 e. The van der Waals surface area contributed by atoms with Crippen LogP contribution in [-0.2, 0) is 22.2 Å². The molecular weight excluding hydrogens is 567 g/mol. The summed E-state index contributed by atoms with van der Waals surface area (Å²) in [4.78, 5) is 50.5. The van der Waals surface area contributed by atoms with Crippen LogP contribution in [0, 0.1) is 0 Å². The first-order chi connectivity index (χ1) is 20.1. The second kappa shape index (κ2) is 11.1. The maximum absolute atomic E-state index is 13.6. The summed E-state index contributed by atoms with van der Waals surface area (Å²) in [5.74, 6) is -0.384. The highest BCUT2D eigenvalue weighted by molar-refractivity contribution is 7.11. The van der Waals surface area contributed by atoms with E-state index in [-0.39, 0.29) is 23.8 Å². The molecule has 220 valence electrons. The van der Waals surface area contributed by atoms with E-state index in [1.54, 1.807) is 34.7 Å². The van der Waals surface area contributed by atoms with E-state index in [1.807, 2.05) is 11.0 Å². The zero-order valence-corrected chi connectivity index (χ0v) is 23.8. The van der Waals surface area contributed by atoms with Crippen molar-refractivity contribution in [2.24, 2.45) is 0 Å². The highest BCUT2D eigenvalue weighted by Gasteiger charge is 2.43. The van der Waals surface area contributed by atoms with Gasteiger partial charge in [-0.1, -0.05) is 18.2 Å². The number of piperazine rings is 1. The third kappa shape index (κ3) is 5.40. The fourth-order valence-electron chi connectivity index (χ4n) is 6.12. The molecule has 0 aliphatic carbocycles. The molecule has 3 aliphatic rings. The van der Waals surface area contributed by atoms with Crippen molar-refractivity contribution >= 4 is 34.7 Å². The van der Waals surface area contributed by atoms with Gasteiger partial charge in [0.1, 0.15) is 6.04 Å². The first kappa shape index (κ1) is 28.4. The number of carbonyl (C=O) groups excluding carboxylic acids is 3. The van der Waals surface area contributed by atoms with Crippen LogP contribution in [0.25, 0.3) is 11.1 Å². The van der Waals surface area contributed by atoms with Crippen molar-refractivity contribution in [3.63, 3.8) is 0 Å². The maximum atomic E-state index is 13.6. The first-order valence-corrected chi connectivity index (χ1v) is 14.8. The van der Waals surface area contributed by atoms with Crippen LogP contribution in [0.15, 0.2) is 54.0 Å². The van der Waals surface area contributed by atoms with E-state index < -0.39 is 17.8 Å². The molecule has 0 bridgehead atoms. The number of benzene rings is 2. The number of nitrogens with zero attached hydrogens (tertiary/aromatic N) is 5. The predicted molar refractivity (Wildman–Crippen MR) is 152 cm³/mol. The van der Waals surface area contributed by atoms with E-state index in [9.17, 15) is 27.6 Å². The number of halogens is 3. The number of hydrogen-bond donors (Lipinski definition) is 0. The number of fused-ring (bicyclic) bond motifs is 1. The number of alkyl halides is 3. The van der Waals surface area contributed by atoms with Crippen LogP contribution in [0.2, 0.25) is 0 Å². The molecule has 12 heteroatoms. The molecule has 3 amide bonds. The Labute approximate surface area is 245 Å². The van der Waals surface area contributed by atoms with Crippen molar-refractivity contribution < 1.29 is 27.6 Å². The fourth-order valence-corrected chi connectivity index (χ4v) is 6.72. The molecule has 1 unspecified atom stereocenters. The minimum absolute atomic E-state index is 0.0427. The highest BCUT2D eigenvalue weighted by Crippen LogP contribution is 2.37. The number of aromatic nitrogens is 1. The van der Waals surface area contributed by atoms with Crippen LogP contribution in [0.5, 0.6) is 0 Å². The number of hydrogen-bond acceptors (Lipinski definition) is 6. The van der Waals surface area contributed by atoms with Crippen molar-refractivity contribution in [3.8, 4) is 11.1 Å². The molecular formula is C30H30F3N5O3S. The predicted octanol–water partition coefficient (Wildman–Crippen LogP) is 4.17. The van der Waals surface area contributed by atoms with Gasteiger partial charge in [-0.25, -0.2) is 4.98 Å². The van der Waals surface area contributed by atoms with Gasteiger partial charge in [-0.2, -0.15) is 13.2 Å². The van der Waals surface area contributed by atoms with Crippen LogP contribution in [0.1, 0.15) is 34.3 Å². The van der Waals surface area contributed by atoms with Gasteiger partial charge in [0.2, 0.25) is 11.8 Å². The Bertz CT molecular complexity index is 1500. The van der Waals surface area contributed by atoms with Crippen LogP contribution in [0.4, 0.5) is 18.9 Å². The standard InChI is InChI=1S/C30H30F3N5O3S/c1-19(39)38-25-7-5-21(20-3-2-4-23(16-20)30(31,32)33)15-22(25)6-8-26(38)28(40)37-17-24(18-37)35-10-12-36(13-11-35)29(41)27-34-9-14-42-27/h2-5,7,9,14-16,24,26H,6,8,10-13,17-18H2,1H3. The molecule has 2 saturated heterocycles. The molecule has 0 spiro atoms. The quantitative estimate of drug-likeness (QED) is 0.452. The summed E-state index contributed by atoms with van der Waals surface area (Å²) >= 11 is 1.34. The van der Waals surface area contributed by atoms with Crippen LogP contribution >= 0.6 is 11.3 Å². The minimum atomic E-state index is -4.44. The Morgan fingerprint density at radius 3 is 2.36 bits per heavy atom. The summed E-state index contributed by atoms with van der Waals surface area (Å²) in [7, 11) is 0. The Morgan fingerprint density at radius 2 is 1.69 bits per heavy atom. The number of amides is 3. The summed E-state index contributed by atoms with van der Waals surface area (Å²) in [5.41, 5.74) is 1.82. The average molecular weight is 598 g/mol. The van der Waals surface area contributed by atoms with Crippen LogP contribution < -0.4 is 4.90 Å². The number of likely N-dealkylation sites (tertiary alicyclic amines) is 1. The van der Waals surface area contributed by atoms with E-state index in [0.29, 0.717) is 60.8 Å². The number of thiazole rings is 1. The molecule has 3 aromatic rings. The number of aryl methyl sites for hydroxylation is 1. The molecule has 1 atom stereocenters. The lowest BCUT2D eigenvalue weighted by molar-refractivity contribution is -0.142. The van der Waals surface area contributed by atoms with Gasteiger partial charge in [-0.15, -0.1) is 11.3 Å². The summed E-state index contributed by atoms with van der Waals surface area (Å²) in [5, 5.41) is 2.29. The second-order valence-electron chi connectivity index (χ2n) is 10.9. The Balaban J connectivity index is 1.09. The topological polar surface area (TPSA) is 77.1 Å². The molecule has 0 saturated carbocycles. The lowest BCUT2D eigenvalue weighted by atomic mass is 9.90. The first-order valence-electron chi connectivity index (χ1n) is 13.9. The number of anilines is 1. The van der Waals surface area contributed by atoms with Crippen molar-refractivity contribution in [1.82, 2.24) is 19.7 Å². The van der Waals surface area contributed by atoms with Crippen molar-refractivity contribution in [2.45, 2.75) is 38.0 Å². The van der Waals surface area contributed by atoms with E-state index >= 15 is 0 Å². The highest BCUT2D eigenvalue weighted by atomic mass is 32.1. The monoisotopic (exact) mass is 597 g/mol. The van der Waals surface area contributed by atoms with E-state index in [0.717, 1.165) is 30.8 Å². The lowest BCUT2D eigenvalue weighted by Crippen LogP contribution is -2.67. The van der Waals surface area contributed by atoms with Crippen molar-refractivity contribution in [1.29, 1.82) is 0 Å². The molecule has 3 aliphatic heterocycles. The van der Waals surface area contributed by atoms with Gasteiger partial charge < -0.3 is 9.80 Å². The number of carbonyl (C=O) groups is 3. The lowest BCUT2D eigenvalue weighted by Gasteiger charge is -2.49. The third-order valence-corrected chi connectivity index (χ3v) is 9.15. The molecule has 2 fully saturated rings. The normalized spacial score (nSPS) is 19.8. The Morgan fingerprint density at radius 1 is 0.952 bits per heavy atom.